The first-order valence-corrected chi connectivity index (χ1v) is 4.22. The molecule has 5 heteroatoms. The average molecular weight is 209 g/mol. The minimum absolute atomic E-state index is 0.333. The molecular formula is C4H5BrN2OS. The Hall–Kier alpha value is -0.160. The van der Waals surface area contributed by atoms with Crippen molar-refractivity contribution < 1.29 is 4.52 Å². The van der Waals surface area contributed by atoms with Crippen LogP contribution in [-0.4, -0.2) is 11.4 Å². The maximum atomic E-state index is 5.33. The Morgan fingerprint density at radius 3 is 2.67 bits per heavy atom. The van der Waals surface area contributed by atoms with Crippen molar-refractivity contribution in [2.45, 2.75) is 5.03 Å². The molecule has 0 aliphatic heterocycles. The minimum atomic E-state index is 0.333. The monoisotopic (exact) mass is 208 g/mol. The van der Waals surface area contributed by atoms with Crippen molar-refractivity contribution in [2.24, 2.45) is 0 Å². The Bertz CT molecular complexity index is 212. The second-order valence-electron chi connectivity index (χ2n) is 1.37. The molecule has 0 fully saturated rings. The van der Waals surface area contributed by atoms with E-state index < -0.39 is 0 Å². The summed E-state index contributed by atoms with van der Waals surface area (Å²) in [6.07, 6.45) is 1.90. The van der Waals surface area contributed by atoms with E-state index in [-0.39, 0.29) is 0 Å². The Morgan fingerprint density at radius 2 is 2.44 bits per heavy atom. The van der Waals surface area contributed by atoms with Gasteiger partial charge in [-0.05, 0) is 22.2 Å². The summed E-state index contributed by atoms with van der Waals surface area (Å²) >= 11 is 4.69. The Kier molecular flexibility index (Phi) is 2.02. The Labute approximate surface area is 65.1 Å². The third kappa shape index (κ3) is 1.21. The number of anilines is 1. The van der Waals surface area contributed by atoms with Crippen molar-refractivity contribution in [1.82, 2.24) is 5.16 Å². The number of hydrogen-bond donors (Lipinski definition) is 1. The van der Waals surface area contributed by atoms with Crippen LogP contribution in [0.1, 0.15) is 0 Å². The zero-order chi connectivity index (χ0) is 6.85. The van der Waals surface area contributed by atoms with E-state index in [1.54, 1.807) is 0 Å². The van der Waals surface area contributed by atoms with Crippen molar-refractivity contribution in [2.75, 3.05) is 12.0 Å². The van der Waals surface area contributed by atoms with Gasteiger partial charge < -0.3 is 10.3 Å². The van der Waals surface area contributed by atoms with Gasteiger partial charge in [-0.15, -0.1) is 11.8 Å². The van der Waals surface area contributed by atoms with E-state index in [9.17, 15) is 0 Å². The lowest BCUT2D eigenvalue weighted by Crippen LogP contribution is -1.79. The van der Waals surface area contributed by atoms with E-state index in [0.29, 0.717) is 5.88 Å². The zero-order valence-electron chi connectivity index (χ0n) is 4.72. The molecule has 0 bridgehead atoms. The van der Waals surface area contributed by atoms with Gasteiger partial charge in [-0.1, -0.05) is 5.16 Å². The van der Waals surface area contributed by atoms with Crippen molar-refractivity contribution in [1.29, 1.82) is 0 Å². The molecule has 50 valence electrons. The normalized spacial score (nSPS) is 10.0. The van der Waals surface area contributed by atoms with Crippen LogP contribution >= 0.6 is 27.7 Å². The summed E-state index contributed by atoms with van der Waals surface area (Å²) in [5, 5.41) is 4.43. The number of rotatable bonds is 1. The zero-order valence-corrected chi connectivity index (χ0v) is 7.12. The number of nitrogens with zero attached hydrogens (tertiary/aromatic N) is 1. The molecule has 3 nitrogen and oxygen atoms in total. The van der Waals surface area contributed by atoms with E-state index in [1.807, 2.05) is 6.26 Å². The van der Waals surface area contributed by atoms with Gasteiger partial charge in [-0.3, -0.25) is 0 Å². The van der Waals surface area contributed by atoms with Crippen LogP contribution in [0.25, 0.3) is 0 Å². The number of hydrogen-bond acceptors (Lipinski definition) is 4. The van der Waals surface area contributed by atoms with Gasteiger partial charge in [0.1, 0.15) is 4.47 Å². The molecule has 0 aliphatic carbocycles. The van der Waals surface area contributed by atoms with E-state index >= 15 is 0 Å². The summed E-state index contributed by atoms with van der Waals surface area (Å²) in [7, 11) is 0. The molecule has 1 aromatic heterocycles. The Morgan fingerprint density at radius 1 is 1.78 bits per heavy atom. The van der Waals surface area contributed by atoms with Crippen LogP contribution in [-0.2, 0) is 0 Å². The molecule has 1 aromatic rings. The van der Waals surface area contributed by atoms with Crippen LogP contribution in [0.4, 0.5) is 5.88 Å². The highest BCUT2D eigenvalue weighted by atomic mass is 79.9. The second-order valence-corrected chi connectivity index (χ2v) is 2.96. The highest BCUT2D eigenvalue weighted by Gasteiger charge is 2.07. The van der Waals surface area contributed by atoms with Gasteiger partial charge in [-0.2, -0.15) is 0 Å². The van der Waals surface area contributed by atoms with E-state index in [1.165, 1.54) is 11.8 Å². The number of thioether (sulfide) groups is 1. The van der Waals surface area contributed by atoms with E-state index in [4.69, 9.17) is 5.73 Å². The standard InChI is InChI=1S/C4H5BrN2OS/c1-9-4-2(5)3(6)8-7-4/h6H2,1H3. The van der Waals surface area contributed by atoms with Gasteiger partial charge in [-0.25, -0.2) is 0 Å². The summed E-state index contributed by atoms with van der Waals surface area (Å²) < 4.78 is 5.39. The molecule has 0 aromatic carbocycles. The van der Waals surface area contributed by atoms with Gasteiger partial charge in [0.15, 0.2) is 5.03 Å². The third-order valence-electron chi connectivity index (χ3n) is 0.824. The van der Waals surface area contributed by atoms with Gasteiger partial charge in [0.25, 0.3) is 0 Å². The van der Waals surface area contributed by atoms with E-state index in [0.717, 1.165) is 9.50 Å². The highest BCUT2D eigenvalue weighted by Crippen LogP contribution is 2.29. The average Bonchev–Trinajstić information content (AvgIpc) is 2.15. The van der Waals surface area contributed by atoms with Crippen molar-refractivity contribution in [3.8, 4) is 0 Å². The van der Waals surface area contributed by atoms with Crippen LogP contribution in [0.15, 0.2) is 14.0 Å². The first kappa shape index (κ1) is 6.95. The number of halogens is 1. The van der Waals surface area contributed by atoms with Gasteiger partial charge >= 0.3 is 0 Å². The number of aromatic nitrogens is 1. The van der Waals surface area contributed by atoms with Crippen LogP contribution in [0.2, 0.25) is 0 Å². The lowest BCUT2D eigenvalue weighted by Gasteiger charge is -1.83. The summed E-state index contributed by atoms with van der Waals surface area (Å²) in [4.78, 5) is 0. The number of nitrogen functional groups attached to an aromatic ring is 1. The first-order valence-electron chi connectivity index (χ1n) is 2.20. The minimum Gasteiger partial charge on any atom is -0.367 e. The fraction of sp³-hybridized carbons (Fsp3) is 0.250. The molecule has 1 heterocycles. The highest BCUT2D eigenvalue weighted by molar-refractivity contribution is 9.10. The maximum Gasteiger partial charge on any atom is 0.237 e. The van der Waals surface area contributed by atoms with Gasteiger partial charge in [0.05, 0.1) is 0 Å². The van der Waals surface area contributed by atoms with Crippen LogP contribution in [0, 0.1) is 0 Å². The van der Waals surface area contributed by atoms with Crippen molar-refractivity contribution >= 4 is 33.6 Å². The molecule has 0 radical (unpaired) electrons. The Balaban J connectivity index is 3.04. The lowest BCUT2D eigenvalue weighted by atomic mass is 10.7. The number of nitrogens with two attached hydrogens (primary N) is 1. The molecule has 0 spiro atoms. The quantitative estimate of drug-likeness (QED) is 0.715. The molecule has 0 saturated heterocycles. The van der Waals surface area contributed by atoms with Crippen LogP contribution in [0.5, 0.6) is 0 Å². The molecule has 0 amide bonds. The molecule has 1 rings (SSSR count). The van der Waals surface area contributed by atoms with Crippen molar-refractivity contribution in [3.05, 3.63) is 4.47 Å². The summed E-state index contributed by atoms with van der Waals surface area (Å²) in [5.41, 5.74) is 5.33. The lowest BCUT2D eigenvalue weighted by molar-refractivity contribution is 0.419. The summed E-state index contributed by atoms with van der Waals surface area (Å²) in [6, 6.07) is 0. The predicted octanol–water partition coefficient (Wildman–Crippen LogP) is 1.74. The molecule has 0 atom stereocenters. The molecule has 0 aliphatic rings. The first-order chi connectivity index (χ1) is 4.25. The fourth-order valence-corrected chi connectivity index (χ4v) is 1.43. The van der Waals surface area contributed by atoms with Gasteiger partial charge in [0, 0.05) is 0 Å². The summed E-state index contributed by atoms with van der Waals surface area (Å²) in [5.74, 6) is 0.333. The smallest absolute Gasteiger partial charge is 0.237 e. The SMILES string of the molecule is CSc1noc(N)c1Br. The van der Waals surface area contributed by atoms with Crippen molar-refractivity contribution in [3.63, 3.8) is 0 Å². The molecule has 9 heavy (non-hydrogen) atoms. The predicted molar refractivity (Wildman–Crippen MR) is 40.4 cm³/mol. The fourth-order valence-electron chi connectivity index (χ4n) is 0.403. The van der Waals surface area contributed by atoms with Crippen LogP contribution in [0.3, 0.4) is 0 Å². The molecule has 0 unspecified atom stereocenters. The third-order valence-corrected chi connectivity index (χ3v) is 2.52. The van der Waals surface area contributed by atoms with Gasteiger partial charge in [0.2, 0.25) is 5.88 Å². The summed E-state index contributed by atoms with van der Waals surface area (Å²) in [6.45, 7) is 0. The maximum absolute atomic E-state index is 5.33. The molecule has 2 N–H and O–H groups in total. The largest absolute Gasteiger partial charge is 0.367 e. The van der Waals surface area contributed by atoms with Crippen LogP contribution < -0.4 is 5.73 Å². The topological polar surface area (TPSA) is 52.0 Å². The van der Waals surface area contributed by atoms with E-state index in [2.05, 4.69) is 25.6 Å². The second kappa shape index (κ2) is 2.62. The molecular weight excluding hydrogens is 204 g/mol. The molecule has 0 saturated carbocycles.